The molecule has 238 valence electrons. The van der Waals surface area contributed by atoms with Crippen LogP contribution in [0.15, 0.2) is 73.3 Å². The van der Waals surface area contributed by atoms with Crippen molar-refractivity contribution in [1.82, 2.24) is 29.9 Å². The van der Waals surface area contributed by atoms with Crippen LogP contribution in [-0.4, -0.2) is 29.9 Å². The fraction of sp³-hybridized carbons (Fsp3) is 0.400. The van der Waals surface area contributed by atoms with Crippen LogP contribution in [0.2, 0.25) is 0 Å². The monoisotopic (exact) mass is 612 g/mol. The normalized spacial score (nSPS) is 11.2. The van der Waals surface area contributed by atoms with E-state index in [1.807, 2.05) is 24.3 Å². The summed E-state index contributed by atoms with van der Waals surface area (Å²) in [4.78, 5) is 28.1. The SMILES string of the molecule is CCCCc1ccc(-c2ncnc(-c3ccc(-c4ncnc(-c5ccc(CCCC)cc5CCCC)n4)cc3)n2)c(CCCC)c1. The predicted octanol–water partition coefficient (Wildman–Crippen LogP) is 10.1. The van der Waals surface area contributed by atoms with E-state index in [2.05, 4.69) is 84.0 Å². The molecule has 5 rings (SSSR count). The van der Waals surface area contributed by atoms with Crippen molar-refractivity contribution >= 4 is 0 Å². The maximum Gasteiger partial charge on any atom is 0.163 e. The van der Waals surface area contributed by atoms with Gasteiger partial charge < -0.3 is 0 Å². The number of nitrogens with zero attached hydrogens (tertiary/aromatic N) is 6. The molecule has 0 saturated carbocycles. The van der Waals surface area contributed by atoms with Crippen molar-refractivity contribution in [2.45, 2.75) is 105 Å². The third-order valence-electron chi connectivity index (χ3n) is 8.60. The van der Waals surface area contributed by atoms with E-state index in [0.29, 0.717) is 11.6 Å². The molecule has 0 spiro atoms. The van der Waals surface area contributed by atoms with Crippen LogP contribution >= 0.6 is 0 Å². The van der Waals surface area contributed by atoms with Gasteiger partial charge in [-0.25, -0.2) is 29.9 Å². The number of hydrogen-bond donors (Lipinski definition) is 0. The van der Waals surface area contributed by atoms with Crippen molar-refractivity contribution in [3.05, 3.63) is 95.6 Å². The molecule has 0 aliphatic carbocycles. The average Bonchev–Trinajstić information content (AvgIpc) is 3.11. The van der Waals surface area contributed by atoms with E-state index in [1.165, 1.54) is 47.9 Å². The van der Waals surface area contributed by atoms with E-state index in [4.69, 9.17) is 9.97 Å². The Morgan fingerprint density at radius 3 is 1.17 bits per heavy atom. The topological polar surface area (TPSA) is 77.3 Å². The van der Waals surface area contributed by atoms with Gasteiger partial charge in [-0.2, -0.15) is 0 Å². The lowest BCUT2D eigenvalue weighted by Crippen LogP contribution is -2.00. The maximum absolute atomic E-state index is 4.93. The molecule has 0 aliphatic rings. The number of aryl methyl sites for hydroxylation is 4. The van der Waals surface area contributed by atoms with Gasteiger partial charge in [-0.15, -0.1) is 0 Å². The molecule has 0 saturated heterocycles. The second-order valence-electron chi connectivity index (χ2n) is 12.2. The first-order chi connectivity index (χ1) is 22.6. The Morgan fingerprint density at radius 2 is 0.783 bits per heavy atom. The Kier molecular flexibility index (Phi) is 12.1. The number of rotatable bonds is 16. The summed E-state index contributed by atoms with van der Waals surface area (Å²) in [5.41, 5.74) is 9.49. The minimum Gasteiger partial charge on any atom is -0.217 e. The number of benzene rings is 3. The summed E-state index contributed by atoms with van der Waals surface area (Å²) < 4.78 is 0. The molecule has 2 heterocycles. The van der Waals surface area contributed by atoms with Crippen LogP contribution in [0.1, 0.15) is 101 Å². The first-order valence-electron chi connectivity index (χ1n) is 17.4. The largest absolute Gasteiger partial charge is 0.217 e. The number of hydrogen-bond acceptors (Lipinski definition) is 6. The van der Waals surface area contributed by atoms with Crippen LogP contribution in [0.3, 0.4) is 0 Å². The van der Waals surface area contributed by atoms with E-state index in [9.17, 15) is 0 Å². The second kappa shape index (κ2) is 16.8. The zero-order valence-electron chi connectivity index (χ0n) is 28.1. The van der Waals surface area contributed by atoms with Gasteiger partial charge in [0.25, 0.3) is 0 Å². The lowest BCUT2D eigenvalue weighted by atomic mass is 9.96. The van der Waals surface area contributed by atoms with Gasteiger partial charge in [0.2, 0.25) is 0 Å². The molecule has 6 heteroatoms. The summed E-state index contributed by atoms with van der Waals surface area (Å²) in [7, 11) is 0. The second-order valence-corrected chi connectivity index (χ2v) is 12.2. The van der Waals surface area contributed by atoms with Gasteiger partial charge in [0.15, 0.2) is 23.3 Å². The summed E-state index contributed by atoms with van der Waals surface area (Å²) in [5, 5.41) is 0. The number of aromatic nitrogens is 6. The molecule has 46 heavy (non-hydrogen) atoms. The van der Waals surface area contributed by atoms with Crippen LogP contribution < -0.4 is 0 Å². The lowest BCUT2D eigenvalue weighted by molar-refractivity contribution is 0.780. The van der Waals surface area contributed by atoms with Gasteiger partial charge in [0.05, 0.1) is 0 Å². The molecular weight excluding hydrogens is 564 g/mol. The fourth-order valence-corrected chi connectivity index (χ4v) is 5.85. The quantitative estimate of drug-likeness (QED) is 0.110. The molecule has 5 aromatic rings. The van der Waals surface area contributed by atoms with Gasteiger partial charge in [-0.05, 0) is 73.6 Å². The number of unbranched alkanes of at least 4 members (excludes halogenated alkanes) is 4. The highest BCUT2D eigenvalue weighted by molar-refractivity contribution is 5.68. The van der Waals surface area contributed by atoms with Crippen molar-refractivity contribution in [2.75, 3.05) is 0 Å². The van der Waals surface area contributed by atoms with E-state index in [0.717, 1.165) is 85.3 Å². The van der Waals surface area contributed by atoms with Crippen LogP contribution in [0.5, 0.6) is 0 Å². The Balaban J connectivity index is 1.40. The molecule has 0 bridgehead atoms. The fourth-order valence-electron chi connectivity index (χ4n) is 5.85. The molecule has 0 atom stereocenters. The highest BCUT2D eigenvalue weighted by Gasteiger charge is 2.14. The van der Waals surface area contributed by atoms with E-state index >= 15 is 0 Å². The van der Waals surface area contributed by atoms with Crippen molar-refractivity contribution in [2.24, 2.45) is 0 Å². The molecule has 0 radical (unpaired) electrons. The van der Waals surface area contributed by atoms with Crippen molar-refractivity contribution in [3.63, 3.8) is 0 Å². The third-order valence-corrected chi connectivity index (χ3v) is 8.60. The highest BCUT2D eigenvalue weighted by atomic mass is 15.0. The van der Waals surface area contributed by atoms with Crippen molar-refractivity contribution < 1.29 is 0 Å². The van der Waals surface area contributed by atoms with E-state index in [1.54, 1.807) is 12.7 Å². The minimum atomic E-state index is 0.660. The third kappa shape index (κ3) is 8.48. The molecule has 0 amide bonds. The van der Waals surface area contributed by atoms with Crippen LogP contribution in [0.4, 0.5) is 0 Å². The van der Waals surface area contributed by atoms with Crippen LogP contribution in [0, 0.1) is 0 Å². The summed E-state index contributed by atoms with van der Waals surface area (Å²) in [6.07, 6.45) is 16.9. The minimum absolute atomic E-state index is 0.660. The summed E-state index contributed by atoms with van der Waals surface area (Å²) in [6, 6.07) is 21.7. The molecule has 0 aliphatic heterocycles. The van der Waals surface area contributed by atoms with Gasteiger partial charge in [0, 0.05) is 22.3 Å². The Bertz CT molecular complexity index is 1570. The lowest BCUT2D eigenvalue weighted by Gasteiger charge is -2.12. The van der Waals surface area contributed by atoms with Crippen LogP contribution in [0.25, 0.3) is 45.6 Å². The predicted molar refractivity (Wildman–Crippen MR) is 189 cm³/mol. The maximum atomic E-state index is 4.93. The van der Waals surface area contributed by atoms with Gasteiger partial charge in [-0.1, -0.05) is 114 Å². The Morgan fingerprint density at radius 1 is 0.413 bits per heavy atom. The standard InChI is InChI=1S/C40H48N6/c1-5-9-13-29-17-23-35(33(25-29)15-11-7-3)39-43-27-41-37(45-39)31-19-21-32(22-20-31)38-42-28-44-40(46-38)36-24-18-30(14-10-6-2)26-34(36)16-12-8-4/h17-28H,5-16H2,1-4H3. The smallest absolute Gasteiger partial charge is 0.163 e. The average molecular weight is 613 g/mol. The molecule has 3 aromatic carbocycles. The molecular formula is C40H48N6. The van der Waals surface area contributed by atoms with Crippen LogP contribution in [-0.2, 0) is 25.7 Å². The first-order valence-corrected chi connectivity index (χ1v) is 17.4. The Hall–Kier alpha value is -4.32. The van der Waals surface area contributed by atoms with E-state index in [-0.39, 0.29) is 0 Å². The molecule has 0 N–H and O–H groups in total. The van der Waals surface area contributed by atoms with Gasteiger partial charge in [-0.3, -0.25) is 0 Å². The van der Waals surface area contributed by atoms with Crippen molar-refractivity contribution in [3.8, 4) is 45.6 Å². The summed E-state index contributed by atoms with van der Waals surface area (Å²) >= 11 is 0. The van der Waals surface area contributed by atoms with Gasteiger partial charge >= 0.3 is 0 Å². The first kappa shape index (κ1) is 33.1. The summed E-state index contributed by atoms with van der Waals surface area (Å²) in [6.45, 7) is 8.95. The van der Waals surface area contributed by atoms with Gasteiger partial charge in [0.1, 0.15) is 12.7 Å². The summed E-state index contributed by atoms with van der Waals surface area (Å²) in [5.74, 6) is 2.77. The zero-order valence-corrected chi connectivity index (χ0v) is 28.1. The van der Waals surface area contributed by atoms with E-state index < -0.39 is 0 Å². The molecule has 0 unspecified atom stereocenters. The zero-order chi connectivity index (χ0) is 32.1. The molecule has 2 aromatic heterocycles. The van der Waals surface area contributed by atoms with Crippen molar-refractivity contribution in [1.29, 1.82) is 0 Å². The Labute approximate surface area is 275 Å². The molecule has 6 nitrogen and oxygen atoms in total. The highest BCUT2D eigenvalue weighted by Crippen LogP contribution is 2.28. The molecule has 0 fully saturated rings.